The number of hydrogen-bond donors (Lipinski definition) is 0. The molecule has 0 amide bonds. The van der Waals surface area contributed by atoms with Gasteiger partial charge < -0.3 is 4.74 Å². The van der Waals surface area contributed by atoms with E-state index in [2.05, 4.69) is 6.58 Å². The van der Waals surface area contributed by atoms with Gasteiger partial charge >= 0.3 is 0 Å². The van der Waals surface area contributed by atoms with Crippen LogP contribution < -0.4 is 4.74 Å². The van der Waals surface area contributed by atoms with Gasteiger partial charge in [-0.1, -0.05) is 49.4 Å². The lowest BCUT2D eigenvalue weighted by molar-refractivity contribution is 0.364. The van der Waals surface area contributed by atoms with E-state index in [0.29, 0.717) is 29.0 Å². The predicted molar refractivity (Wildman–Crippen MR) is 132 cm³/mol. The van der Waals surface area contributed by atoms with Crippen LogP contribution in [0.1, 0.15) is 50.5 Å². The zero-order valence-corrected chi connectivity index (χ0v) is 19.7. The number of allylic oxidation sites excluding steroid dienone is 2. The van der Waals surface area contributed by atoms with Crippen LogP contribution in [-0.2, 0) is 0 Å². The Bertz CT molecular complexity index is 1220. The zero-order valence-electron chi connectivity index (χ0n) is 19.7. The van der Waals surface area contributed by atoms with E-state index in [1.54, 1.807) is 42.5 Å². The topological polar surface area (TPSA) is 9.23 Å². The van der Waals surface area contributed by atoms with E-state index in [1.165, 1.54) is 18.4 Å². The van der Waals surface area contributed by atoms with E-state index >= 15 is 4.39 Å². The fourth-order valence-corrected chi connectivity index (χ4v) is 4.66. The first kappa shape index (κ1) is 24.8. The summed E-state index contributed by atoms with van der Waals surface area (Å²) in [6.07, 6.45) is 9.12. The number of ether oxygens (including phenoxy) is 1. The molecule has 1 aliphatic rings. The van der Waals surface area contributed by atoms with Gasteiger partial charge in [0, 0.05) is 11.1 Å². The van der Waals surface area contributed by atoms with Crippen LogP contribution in [-0.4, -0.2) is 0 Å². The summed E-state index contributed by atoms with van der Waals surface area (Å²) in [6.45, 7) is 5.73. The van der Waals surface area contributed by atoms with E-state index in [0.717, 1.165) is 25.7 Å². The molecule has 0 radical (unpaired) electrons. The fraction of sp³-hybridized carbons (Fsp3) is 0.267. The first-order valence-corrected chi connectivity index (χ1v) is 12.0. The molecule has 1 fully saturated rings. The molecular weight excluding hydrogens is 452 g/mol. The van der Waals surface area contributed by atoms with Crippen LogP contribution in [0.3, 0.4) is 0 Å². The van der Waals surface area contributed by atoms with Crippen LogP contribution in [0, 0.1) is 29.2 Å². The van der Waals surface area contributed by atoms with E-state index in [-0.39, 0.29) is 22.8 Å². The molecule has 0 bridgehead atoms. The van der Waals surface area contributed by atoms with Crippen molar-refractivity contribution in [2.75, 3.05) is 0 Å². The summed E-state index contributed by atoms with van der Waals surface area (Å²) in [4.78, 5) is 0. The van der Waals surface area contributed by atoms with Crippen molar-refractivity contribution in [3.8, 4) is 28.0 Å². The molecule has 0 heterocycles. The maximum Gasteiger partial charge on any atom is 0.201 e. The molecule has 1 saturated carbocycles. The van der Waals surface area contributed by atoms with Crippen molar-refractivity contribution < 1.29 is 22.3 Å². The summed E-state index contributed by atoms with van der Waals surface area (Å²) in [6, 6.07) is 12.3. The van der Waals surface area contributed by atoms with E-state index in [1.807, 2.05) is 13.0 Å². The van der Waals surface area contributed by atoms with Crippen molar-refractivity contribution in [3.63, 3.8) is 0 Å². The van der Waals surface area contributed by atoms with Gasteiger partial charge in [0.05, 0.1) is 6.26 Å². The van der Waals surface area contributed by atoms with Gasteiger partial charge in [-0.05, 0) is 78.8 Å². The second kappa shape index (κ2) is 10.9. The maximum atomic E-state index is 15.0. The molecule has 1 aliphatic carbocycles. The molecule has 0 saturated heterocycles. The van der Waals surface area contributed by atoms with Crippen molar-refractivity contribution in [2.24, 2.45) is 5.92 Å². The van der Waals surface area contributed by atoms with Gasteiger partial charge in [0.1, 0.15) is 0 Å². The van der Waals surface area contributed by atoms with Crippen LogP contribution in [0.5, 0.6) is 5.75 Å². The lowest BCUT2D eigenvalue weighted by Crippen LogP contribution is -2.13. The van der Waals surface area contributed by atoms with Gasteiger partial charge in [-0.15, -0.1) is 6.58 Å². The van der Waals surface area contributed by atoms with Crippen molar-refractivity contribution in [1.29, 1.82) is 0 Å². The molecule has 182 valence electrons. The van der Waals surface area contributed by atoms with Gasteiger partial charge in [-0.2, -0.15) is 4.39 Å². The molecule has 35 heavy (non-hydrogen) atoms. The molecule has 0 aromatic heterocycles. The molecule has 4 rings (SSSR count). The Morgan fingerprint density at radius 2 is 1.34 bits per heavy atom. The van der Waals surface area contributed by atoms with Gasteiger partial charge in [0.2, 0.25) is 5.82 Å². The van der Waals surface area contributed by atoms with Crippen LogP contribution >= 0.6 is 0 Å². The average molecular weight is 481 g/mol. The highest BCUT2D eigenvalue weighted by atomic mass is 19.2. The molecule has 0 N–H and O–H groups in total. The fourth-order valence-electron chi connectivity index (χ4n) is 4.66. The summed E-state index contributed by atoms with van der Waals surface area (Å²) in [7, 11) is 0. The molecule has 1 nitrogen and oxygen atoms in total. The normalized spacial score (nSPS) is 18.1. The number of halogens is 4. The highest BCUT2D eigenvalue weighted by Gasteiger charge is 2.25. The SMILES string of the molecule is C=CC1CCC(c2ccc(-c3ccc(-c4ccc(O/C=C\CC)c(F)c4F)cc3)c(F)c2F)CC1. The quantitative estimate of drug-likeness (QED) is 0.186. The van der Waals surface area contributed by atoms with Crippen molar-refractivity contribution >= 4 is 0 Å². The van der Waals surface area contributed by atoms with E-state index in [4.69, 9.17) is 4.74 Å². The molecule has 3 aromatic carbocycles. The van der Waals surface area contributed by atoms with Gasteiger partial charge in [0.15, 0.2) is 23.2 Å². The molecular formula is C30H28F4O. The predicted octanol–water partition coefficient (Wildman–Crippen LogP) is 9.34. The summed E-state index contributed by atoms with van der Waals surface area (Å²) < 4.78 is 64.3. The Kier molecular flexibility index (Phi) is 7.74. The minimum Gasteiger partial charge on any atom is -0.462 e. The smallest absolute Gasteiger partial charge is 0.201 e. The highest BCUT2D eigenvalue weighted by molar-refractivity contribution is 5.72. The minimum atomic E-state index is -1.09. The Morgan fingerprint density at radius 1 is 0.771 bits per heavy atom. The van der Waals surface area contributed by atoms with Gasteiger partial charge in [-0.3, -0.25) is 0 Å². The first-order valence-electron chi connectivity index (χ1n) is 12.0. The number of benzene rings is 3. The van der Waals surface area contributed by atoms with Crippen LogP contribution in [0.15, 0.2) is 73.5 Å². The van der Waals surface area contributed by atoms with Crippen LogP contribution in [0.2, 0.25) is 0 Å². The molecule has 0 aliphatic heterocycles. The average Bonchev–Trinajstić information content (AvgIpc) is 2.89. The Balaban J connectivity index is 1.56. The second-order valence-corrected chi connectivity index (χ2v) is 8.89. The monoisotopic (exact) mass is 480 g/mol. The Hall–Kier alpha value is -3.34. The maximum absolute atomic E-state index is 15.0. The van der Waals surface area contributed by atoms with E-state index < -0.39 is 23.3 Å². The summed E-state index contributed by atoms with van der Waals surface area (Å²) in [5.74, 6) is -3.58. The molecule has 3 aromatic rings. The third-order valence-corrected chi connectivity index (χ3v) is 6.74. The van der Waals surface area contributed by atoms with Gasteiger partial charge in [-0.25, -0.2) is 13.2 Å². The third kappa shape index (κ3) is 5.19. The molecule has 5 heteroatoms. The van der Waals surface area contributed by atoms with Crippen molar-refractivity contribution in [2.45, 2.75) is 44.9 Å². The van der Waals surface area contributed by atoms with Crippen molar-refractivity contribution in [1.82, 2.24) is 0 Å². The summed E-state index contributed by atoms with van der Waals surface area (Å²) in [5, 5.41) is 0. The standard InChI is InChI=1S/C30H28F4O/c1-3-5-18-35-26-17-16-25(29(33)30(26)34)22-12-10-21(11-13-22)24-15-14-23(27(31)28(24)32)20-8-6-19(4-2)7-9-20/h4-5,10-20H,2-3,6-9H2,1H3/b18-5-. The van der Waals surface area contributed by atoms with Gasteiger partial charge in [0.25, 0.3) is 0 Å². The third-order valence-electron chi connectivity index (χ3n) is 6.74. The molecule has 0 spiro atoms. The number of hydrogen-bond acceptors (Lipinski definition) is 1. The minimum absolute atomic E-state index is 0.000544. The number of rotatable bonds is 7. The first-order chi connectivity index (χ1) is 16.9. The highest BCUT2D eigenvalue weighted by Crippen LogP contribution is 2.39. The largest absolute Gasteiger partial charge is 0.462 e. The Morgan fingerprint density at radius 3 is 1.91 bits per heavy atom. The lowest BCUT2D eigenvalue weighted by Gasteiger charge is -2.27. The van der Waals surface area contributed by atoms with E-state index in [9.17, 15) is 13.2 Å². The summed E-state index contributed by atoms with van der Waals surface area (Å²) >= 11 is 0. The second-order valence-electron chi connectivity index (χ2n) is 8.89. The molecule has 0 atom stereocenters. The molecule has 0 unspecified atom stereocenters. The Labute approximate surface area is 203 Å². The van der Waals surface area contributed by atoms with Crippen molar-refractivity contribution in [3.05, 3.63) is 102 Å². The van der Waals surface area contributed by atoms with Crippen LogP contribution in [0.25, 0.3) is 22.3 Å². The lowest BCUT2D eigenvalue weighted by atomic mass is 9.78. The zero-order chi connectivity index (χ0) is 24.9. The van der Waals surface area contributed by atoms with Crippen LogP contribution in [0.4, 0.5) is 17.6 Å². The summed E-state index contributed by atoms with van der Waals surface area (Å²) in [5.41, 5.74) is 1.47.